The van der Waals surface area contributed by atoms with Gasteiger partial charge in [0.15, 0.2) is 0 Å². The molecule has 2 rings (SSSR count). The van der Waals surface area contributed by atoms with Gasteiger partial charge in [0.05, 0.1) is 18.9 Å². The average molecular weight is 249 g/mol. The van der Waals surface area contributed by atoms with Crippen molar-refractivity contribution in [2.75, 3.05) is 27.2 Å². The summed E-state index contributed by atoms with van der Waals surface area (Å²) in [6.07, 6.45) is 4.61. The van der Waals surface area contributed by atoms with E-state index < -0.39 is 0 Å². The van der Waals surface area contributed by atoms with Crippen LogP contribution in [-0.4, -0.2) is 43.2 Å². The molecule has 1 aromatic heterocycles. The molecule has 1 N–H and O–H groups in total. The lowest BCUT2D eigenvalue weighted by Crippen LogP contribution is -2.25. The van der Waals surface area contributed by atoms with Crippen molar-refractivity contribution in [3.63, 3.8) is 0 Å². The second-order valence-electron chi connectivity index (χ2n) is 4.95. The first-order valence-electron chi connectivity index (χ1n) is 6.66. The van der Waals surface area contributed by atoms with E-state index in [-0.39, 0.29) is 0 Å². The first-order chi connectivity index (χ1) is 8.79. The Hall–Kier alpha value is -0.970. The van der Waals surface area contributed by atoms with E-state index in [1.165, 1.54) is 18.4 Å². The molecule has 1 aliphatic carbocycles. The van der Waals surface area contributed by atoms with Crippen LogP contribution >= 0.6 is 0 Å². The van der Waals surface area contributed by atoms with Crippen molar-refractivity contribution < 1.29 is 4.74 Å². The normalized spacial score (nSPS) is 15.3. The number of hydrogen-bond acceptors (Lipinski definition) is 4. The third-order valence-corrected chi connectivity index (χ3v) is 3.28. The average Bonchev–Trinajstić information content (AvgIpc) is 3.21. The van der Waals surface area contributed by atoms with Gasteiger partial charge >= 0.3 is 0 Å². The van der Waals surface area contributed by atoms with E-state index in [2.05, 4.69) is 28.3 Å². The van der Waals surface area contributed by atoms with Crippen molar-refractivity contribution in [1.82, 2.24) is 15.2 Å². The van der Waals surface area contributed by atoms with Gasteiger partial charge in [0.25, 0.3) is 0 Å². The van der Waals surface area contributed by atoms with Gasteiger partial charge in [-0.2, -0.15) is 0 Å². The second-order valence-corrected chi connectivity index (χ2v) is 4.95. The molecule has 0 aromatic carbocycles. The number of ether oxygens (including phenoxy) is 1. The van der Waals surface area contributed by atoms with Crippen LogP contribution in [0, 0.1) is 0 Å². The zero-order valence-corrected chi connectivity index (χ0v) is 11.4. The van der Waals surface area contributed by atoms with Crippen molar-refractivity contribution >= 4 is 0 Å². The number of aromatic nitrogens is 1. The first kappa shape index (κ1) is 13.5. The van der Waals surface area contributed by atoms with Crippen LogP contribution in [0.4, 0.5) is 0 Å². The molecule has 0 atom stereocenters. The Balaban J connectivity index is 1.63. The highest BCUT2D eigenvalue weighted by atomic mass is 16.5. The summed E-state index contributed by atoms with van der Waals surface area (Å²) < 4.78 is 5.65. The maximum absolute atomic E-state index is 5.65. The number of nitrogens with zero attached hydrogens (tertiary/aromatic N) is 2. The minimum absolute atomic E-state index is 0.609. The predicted molar refractivity (Wildman–Crippen MR) is 72.3 cm³/mol. The van der Waals surface area contributed by atoms with Gasteiger partial charge in [0, 0.05) is 25.3 Å². The Morgan fingerprint density at radius 2 is 2.28 bits per heavy atom. The van der Waals surface area contributed by atoms with E-state index in [0.717, 1.165) is 31.4 Å². The molecule has 18 heavy (non-hydrogen) atoms. The minimum atomic E-state index is 0.609. The predicted octanol–water partition coefficient (Wildman–Crippen LogP) is 1.41. The van der Waals surface area contributed by atoms with Gasteiger partial charge in [-0.25, -0.2) is 0 Å². The van der Waals surface area contributed by atoms with E-state index in [0.29, 0.717) is 6.61 Å². The highest BCUT2D eigenvalue weighted by Crippen LogP contribution is 2.24. The minimum Gasteiger partial charge on any atom is -0.374 e. The Kier molecular flexibility index (Phi) is 5.11. The number of nitrogens with one attached hydrogen (secondary N) is 1. The molecule has 0 unspecified atom stereocenters. The maximum atomic E-state index is 5.65. The Labute approximate surface area is 109 Å². The number of hydrogen-bond donors (Lipinski definition) is 1. The molecule has 100 valence electrons. The highest BCUT2D eigenvalue weighted by molar-refractivity contribution is 5.13. The topological polar surface area (TPSA) is 37.4 Å². The quantitative estimate of drug-likeness (QED) is 0.707. The number of rotatable bonds is 8. The smallest absolute Gasteiger partial charge is 0.0888 e. The fraction of sp³-hybridized carbons (Fsp3) is 0.643. The molecule has 0 aliphatic heterocycles. The molecule has 1 aromatic rings. The van der Waals surface area contributed by atoms with Gasteiger partial charge in [0.1, 0.15) is 0 Å². The molecule has 1 heterocycles. The van der Waals surface area contributed by atoms with E-state index in [9.17, 15) is 0 Å². The van der Waals surface area contributed by atoms with E-state index >= 15 is 0 Å². The summed E-state index contributed by atoms with van der Waals surface area (Å²) in [4.78, 5) is 6.76. The molecule has 0 bridgehead atoms. The molecule has 0 spiro atoms. The van der Waals surface area contributed by atoms with Crippen LogP contribution in [0.1, 0.15) is 24.1 Å². The summed E-state index contributed by atoms with van der Waals surface area (Å²) in [6.45, 7) is 3.27. The van der Waals surface area contributed by atoms with Gasteiger partial charge in [-0.3, -0.25) is 4.98 Å². The zero-order valence-electron chi connectivity index (χ0n) is 11.4. The molecule has 4 nitrogen and oxygen atoms in total. The van der Waals surface area contributed by atoms with E-state index in [1.54, 1.807) is 0 Å². The third-order valence-electron chi connectivity index (χ3n) is 3.28. The SMILES string of the molecule is CNCc1ccc(COCCN(C)C2CC2)nc1. The van der Waals surface area contributed by atoms with Crippen LogP contribution in [0.25, 0.3) is 0 Å². The lowest BCUT2D eigenvalue weighted by Gasteiger charge is -2.15. The molecular weight excluding hydrogens is 226 g/mol. The third kappa shape index (κ3) is 4.37. The molecular formula is C14H23N3O. The Morgan fingerprint density at radius 3 is 2.89 bits per heavy atom. The summed E-state index contributed by atoms with van der Waals surface area (Å²) >= 11 is 0. The van der Waals surface area contributed by atoms with Gasteiger partial charge in [-0.15, -0.1) is 0 Å². The van der Waals surface area contributed by atoms with Gasteiger partial charge < -0.3 is 15.0 Å². The summed E-state index contributed by atoms with van der Waals surface area (Å²) in [5.41, 5.74) is 2.21. The Morgan fingerprint density at radius 1 is 1.44 bits per heavy atom. The van der Waals surface area contributed by atoms with Crippen LogP contribution in [0.15, 0.2) is 18.3 Å². The van der Waals surface area contributed by atoms with E-state index in [4.69, 9.17) is 4.74 Å². The van der Waals surface area contributed by atoms with Gasteiger partial charge in [0.2, 0.25) is 0 Å². The van der Waals surface area contributed by atoms with Crippen molar-refractivity contribution in [3.8, 4) is 0 Å². The summed E-state index contributed by atoms with van der Waals surface area (Å²) in [6, 6.07) is 4.95. The summed E-state index contributed by atoms with van der Waals surface area (Å²) in [5.74, 6) is 0. The summed E-state index contributed by atoms with van der Waals surface area (Å²) in [7, 11) is 4.11. The van der Waals surface area contributed by atoms with Crippen molar-refractivity contribution in [2.24, 2.45) is 0 Å². The molecule has 0 radical (unpaired) electrons. The maximum Gasteiger partial charge on any atom is 0.0888 e. The number of likely N-dealkylation sites (N-methyl/N-ethyl adjacent to an activating group) is 1. The summed E-state index contributed by atoms with van der Waals surface area (Å²) in [5, 5.41) is 3.11. The van der Waals surface area contributed by atoms with Crippen molar-refractivity contribution in [1.29, 1.82) is 0 Å². The van der Waals surface area contributed by atoms with Crippen LogP contribution in [0.2, 0.25) is 0 Å². The number of pyridine rings is 1. The molecule has 1 aliphatic rings. The fourth-order valence-corrected chi connectivity index (χ4v) is 1.93. The van der Waals surface area contributed by atoms with Crippen LogP contribution in [0.3, 0.4) is 0 Å². The molecule has 0 amide bonds. The fourth-order valence-electron chi connectivity index (χ4n) is 1.93. The van der Waals surface area contributed by atoms with Gasteiger partial charge in [-0.05, 0) is 38.6 Å². The largest absolute Gasteiger partial charge is 0.374 e. The van der Waals surface area contributed by atoms with E-state index in [1.807, 2.05) is 19.3 Å². The molecule has 1 saturated carbocycles. The lowest BCUT2D eigenvalue weighted by molar-refractivity contribution is 0.0957. The van der Waals surface area contributed by atoms with Crippen molar-refractivity contribution in [3.05, 3.63) is 29.6 Å². The Bertz CT molecular complexity index is 349. The first-order valence-corrected chi connectivity index (χ1v) is 6.66. The van der Waals surface area contributed by atoms with Crippen molar-refractivity contribution in [2.45, 2.75) is 32.0 Å². The monoisotopic (exact) mass is 249 g/mol. The standard InChI is InChI=1S/C14H23N3O/c1-15-9-12-3-4-13(16-10-12)11-18-8-7-17(2)14-5-6-14/h3-4,10,14-15H,5-9,11H2,1-2H3. The highest BCUT2D eigenvalue weighted by Gasteiger charge is 2.25. The van der Waals surface area contributed by atoms with Crippen LogP contribution in [-0.2, 0) is 17.9 Å². The lowest BCUT2D eigenvalue weighted by atomic mass is 10.2. The molecule has 1 fully saturated rings. The molecule has 0 saturated heterocycles. The molecule has 4 heteroatoms. The zero-order chi connectivity index (χ0) is 12.8. The van der Waals surface area contributed by atoms with Gasteiger partial charge in [-0.1, -0.05) is 6.07 Å². The second kappa shape index (κ2) is 6.83. The van der Waals surface area contributed by atoms with Crippen LogP contribution in [0.5, 0.6) is 0 Å². The van der Waals surface area contributed by atoms with Crippen LogP contribution < -0.4 is 5.32 Å².